The second-order valence-electron chi connectivity index (χ2n) is 11.3. The first-order chi connectivity index (χ1) is 21.5. The van der Waals surface area contributed by atoms with Crippen LogP contribution < -0.4 is 20.1 Å². The molecule has 0 bridgehead atoms. The van der Waals surface area contributed by atoms with Crippen LogP contribution in [0.5, 0.6) is 11.5 Å². The molecule has 3 heterocycles. The Balaban J connectivity index is 1.44. The molecule has 3 aromatic rings. The van der Waals surface area contributed by atoms with Gasteiger partial charge < -0.3 is 29.9 Å². The zero-order valence-electron chi connectivity index (χ0n) is 24.6. The van der Waals surface area contributed by atoms with E-state index in [9.17, 15) is 24.4 Å². The van der Waals surface area contributed by atoms with E-state index in [1.165, 1.54) is 23.8 Å². The van der Waals surface area contributed by atoms with Gasteiger partial charge in [-0.15, -0.1) is 0 Å². The van der Waals surface area contributed by atoms with Gasteiger partial charge in [0.2, 0.25) is 6.79 Å². The van der Waals surface area contributed by atoms with Crippen molar-refractivity contribution in [3.63, 3.8) is 0 Å². The number of anilines is 2. The van der Waals surface area contributed by atoms with E-state index < -0.39 is 43.5 Å². The second-order valence-corrected chi connectivity index (χ2v) is 13.9. The van der Waals surface area contributed by atoms with E-state index in [1.54, 1.807) is 79.7 Å². The number of piperazine rings is 1. The standard InChI is InChI=1S/C32H29N5O6S2/c1-30(18-33)17-32(45-29(41)35-22-12-8-5-9-13-22)27(39)36(3)31(2,44-28(40)34-21-10-6-4-7-11-21)26(38)37(32)25(30)20-14-15-23-24(16-20)43-19-42-23/h4-16,25H,17,19H2,1-3H3,(H,34,40)(H,35,41)/t25-,30+,31-,32-/m0/s1. The summed E-state index contributed by atoms with van der Waals surface area (Å²) in [5, 5.41) is 15.0. The highest BCUT2D eigenvalue weighted by Crippen LogP contribution is 2.62. The van der Waals surface area contributed by atoms with Gasteiger partial charge in [-0.1, -0.05) is 42.5 Å². The fourth-order valence-corrected chi connectivity index (χ4v) is 8.36. The van der Waals surface area contributed by atoms with Gasteiger partial charge in [0.25, 0.3) is 22.3 Å². The predicted octanol–water partition coefficient (Wildman–Crippen LogP) is 6.03. The molecule has 13 heteroatoms. The highest BCUT2D eigenvalue weighted by molar-refractivity contribution is 8.16. The number of nitrogens with one attached hydrogen (secondary N) is 2. The van der Waals surface area contributed by atoms with Crippen LogP contribution in [0, 0.1) is 16.7 Å². The lowest BCUT2D eigenvalue weighted by atomic mass is 9.79. The summed E-state index contributed by atoms with van der Waals surface area (Å²) in [6, 6.07) is 24.0. The van der Waals surface area contributed by atoms with Crippen molar-refractivity contribution in [2.45, 2.75) is 36.1 Å². The fourth-order valence-electron chi connectivity index (χ4n) is 6.06. The number of amides is 4. The molecule has 11 nitrogen and oxygen atoms in total. The van der Waals surface area contributed by atoms with E-state index in [4.69, 9.17) is 9.47 Å². The molecule has 3 aliphatic rings. The van der Waals surface area contributed by atoms with Crippen molar-refractivity contribution in [3.8, 4) is 17.6 Å². The Morgan fingerprint density at radius 3 is 2.04 bits per heavy atom. The van der Waals surface area contributed by atoms with Gasteiger partial charge in [-0.3, -0.25) is 19.2 Å². The van der Waals surface area contributed by atoms with E-state index in [2.05, 4.69) is 16.7 Å². The number of nitrogens with zero attached hydrogens (tertiary/aromatic N) is 3. The quantitative estimate of drug-likeness (QED) is 0.341. The predicted molar refractivity (Wildman–Crippen MR) is 170 cm³/mol. The van der Waals surface area contributed by atoms with E-state index in [0.29, 0.717) is 52.0 Å². The van der Waals surface area contributed by atoms with Gasteiger partial charge in [0.1, 0.15) is 0 Å². The van der Waals surface area contributed by atoms with E-state index in [-0.39, 0.29) is 13.2 Å². The van der Waals surface area contributed by atoms with Crippen LogP contribution in [-0.4, -0.2) is 55.7 Å². The van der Waals surface area contributed by atoms with Crippen LogP contribution in [0.4, 0.5) is 21.0 Å². The average molecular weight is 644 g/mol. The lowest BCUT2D eigenvalue weighted by Crippen LogP contribution is -2.71. The van der Waals surface area contributed by atoms with Crippen LogP contribution >= 0.6 is 23.5 Å². The Bertz CT molecular complexity index is 1740. The largest absolute Gasteiger partial charge is 0.454 e. The number of carbonyl (C=O) groups is 4. The zero-order chi connectivity index (χ0) is 32.0. The van der Waals surface area contributed by atoms with E-state index >= 15 is 0 Å². The van der Waals surface area contributed by atoms with E-state index in [0.717, 1.165) is 0 Å². The molecule has 45 heavy (non-hydrogen) atoms. The van der Waals surface area contributed by atoms with Gasteiger partial charge in [0.05, 0.1) is 17.5 Å². The number of hydrogen-bond donors (Lipinski definition) is 2. The Morgan fingerprint density at radius 1 is 0.867 bits per heavy atom. The summed E-state index contributed by atoms with van der Waals surface area (Å²) in [5.41, 5.74) is 0.241. The molecule has 2 saturated heterocycles. The number of hydrogen-bond acceptors (Lipinski definition) is 9. The number of thioether (sulfide) groups is 2. The van der Waals surface area contributed by atoms with Crippen molar-refractivity contribution >= 4 is 57.2 Å². The number of fused-ring (bicyclic) bond motifs is 2. The lowest BCUT2D eigenvalue weighted by Gasteiger charge is -2.52. The van der Waals surface area contributed by atoms with Gasteiger partial charge in [-0.2, -0.15) is 5.26 Å². The highest BCUT2D eigenvalue weighted by atomic mass is 32.2. The third-order valence-corrected chi connectivity index (χ3v) is 10.6. The Morgan fingerprint density at radius 2 is 1.44 bits per heavy atom. The van der Waals surface area contributed by atoms with Gasteiger partial charge >= 0.3 is 0 Å². The van der Waals surface area contributed by atoms with Crippen LogP contribution in [0.15, 0.2) is 78.9 Å². The maximum absolute atomic E-state index is 14.9. The first-order valence-corrected chi connectivity index (χ1v) is 15.7. The van der Waals surface area contributed by atoms with Crippen LogP contribution in [0.1, 0.15) is 31.9 Å². The summed E-state index contributed by atoms with van der Waals surface area (Å²) in [6.07, 6.45) is -0.144. The molecular formula is C32H29N5O6S2. The summed E-state index contributed by atoms with van der Waals surface area (Å²) in [4.78, 5) is 55.4. The summed E-state index contributed by atoms with van der Waals surface area (Å²) in [6.45, 7) is 3.19. The molecule has 4 atom stereocenters. The highest BCUT2D eigenvalue weighted by Gasteiger charge is 2.72. The van der Waals surface area contributed by atoms with Gasteiger partial charge in [-0.25, -0.2) is 0 Å². The Kier molecular flexibility index (Phi) is 7.66. The van der Waals surface area contributed by atoms with Crippen LogP contribution in [0.25, 0.3) is 0 Å². The summed E-state index contributed by atoms with van der Waals surface area (Å²) < 4.78 is 11.1. The molecule has 2 N–H and O–H groups in total. The molecule has 3 aliphatic heterocycles. The topological polar surface area (TPSA) is 141 Å². The maximum Gasteiger partial charge on any atom is 0.286 e. The number of carbonyl (C=O) groups excluding carboxylic acids is 4. The number of para-hydroxylation sites is 2. The Hall–Kier alpha value is -4.67. The Labute approximate surface area is 268 Å². The summed E-state index contributed by atoms with van der Waals surface area (Å²) >= 11 is 1.32. The average Bonchev–Trinajstić information content (AvgIpc) is 3.60. The second kappa shape index (κ2) is 11.4. The SMILES string of the molecule is CN1C(=O)[C@@]2(SC(=O)Nc3ccccc3)C[C@](C)(C#N)[C@H](c3ccc4c(c3)OCO4)N2C(=O)[C@]1(C)SC(=O)Nc1ccccc1. The molecule has 6 rings (SSSR count). The molecule has 230 valence electrons. The molecule has 0 unspecified atom stereocenters. The molecule has 0 radical (unpaired) electrons. The smallest absolute Gasteiger partial charge is 0.286 e. The first kappa shape index (κ1) is 30.4. The molecule has 0 saturated carbocycles. The maximum atomic E-state index is 14.9. The molecule has 4 amide bonds. The first-order valence-electron chi connectivity index (χ1n) is 14.0. The van der Waals surface area contributed by atoms with Crippen LogP contribution in [0.3, 0.4) is 0 Å². The number of nitriles is 1. The summed E-state index contributed by atoms with van der Waals surface area (Å²) in [7, 11) is 1.44. The number of likely N-dealkylation sites (N-methyl/N-ethyl adjacent to an activating group) is 1. The minimum absolute atomic E-state index is 0.0234. The summed E-state index contributed by atoms with van der Waals surface area (Å²) in [5.74, 6) is -0.230. The van der Waals surface area contributed by atoms with Crippen molar-refractivity contribution < 1.29 is 28.7 Å². The van der Waals surface area contributed by atoms with E-state index in [1.807, 2.05) is 6.07 Å². The van der Waals surface area contributed by atoms with Crippen molar-refractivity contribution in [2.75, 3.05) is 24.5 Å². The third kappa shape index (κ3) is 5.13. The molecular weight excluding hydrogens is 615 g/mol. The van der Waals surface area contributed by atoms with Gasteiger partial charge in [0, 0.05) is 24.8 Å². The van der Waals surface area contributed by atoms with Crippen molar-refractivity contribution in [3.05, 3.63) is 84.4 Å². The normalized spacial score (nSPS) is 26.7. The van der Waals surface area contributed by atoms with Gasteiger partial charge in [-0.05, 0) is 79.3 Å². The number of rotatable bonds is 5. The minimum Gasteiger partial charge on any atom is -0.454 e. The van der Waals surface area contributed by atoms with Crippen molar-refractivity contribution in [1.29, 1.82) is 5.26 Å². The molecule has 0 aromatic heterocycles. The molecule has 2 fully saturated rings. The molecule has 3 aromatic carbocycles. The minimum atomic E-state index is -1.80. The van der Waals surface area contributed by atoms with Crippen molar-refractivity contribution in [2.24, 2.45) is 5.41 Å². The van der Waals surface area contributed by atoms with Gasteiger partial charge in [0.15, 0.2) is 21.2 Å². The number of benzene rings is 3. The third-order valence-electron chi connectivity index (χ3n) is 8.31. The van der Waals surface area contributed by atoms with Crippen LogP contribution in [0.2, 0.25) is 0 Å². The molecule has 0 spiro atoms. The fraction of sp³-hybridized carbons (Fsp3) is 0.281. The van der Waals surface area contributed by atoms with Crippen LogP contribution in [-0.2, 0) is 9.59 Å². The lowest BCUT2D eigenvalue weighted by molar-refractivity contribution is -0.163. The molecule has 0 aliphatic carbocycles. The monoisotopic (exact) mass is 643 g/mol. The van der Waals surface area contributed by atoms with Crippen molar-refractivity contribution in [1.82, 2.24) is 9.80 Å². The zero-order valence-corrected chi connectivity index (χ0v) is 26.2. The number of ether oxygens (including phenoxy) is 2.